The third-order valence-corrected chi connectivity index (χ3v) is 3.10. The molecule has 4 nitrogen and oxygen atoms in total. The highest BCUT2D eigenvalue weighted by Gasteiger charge is 2.40. The zero-order chi connectivity index (χ0) is 8.72. The highest BCUT2D eigenvalue weighted by Crippen LogP contribution is 2.33. The van der Waals surface area contributed by atoms with E-state index < -0.39 is 0 Å². The molecule has 2 aliphatic heterocycles. The average molecular weight is 181 g/mol. The molecule has 0 unspecified atom stereocenters. The van der Waals surface area contributed by atoms with Crippen LogP contribution in [0.25, 0.3) is 0 Å². The van der Waals surface area contributed by atoms with Gasteiger partial charge in [-0.1, -0.05) is 0 Å². The van der Waals surface area contributed by atoms with E-state index in [1.807, 2.05) is 6.07 Å². The SMILES string of the molecule is N#CC1=C(O)[C@@H]2CSCN2C1=N. The summed E-state index contributed by atoms with van der Waals surface area (Å²) in [5.41, 5.74) is 0.139. The summed E-state index contributed by atoms with van der Waals surface area (Å²) in [7, 11) is 0. The first-order chi connectivity index (χ1) is 5.75. The lowest BCUT2D eigenvalue weighted by Crippen LogP contribution is -2.30. The summed E-state index contributed by atoms with van der Waals surface area (Å²) in [5.74, 6) is 1.73. The summed E-state index contributed by atoms with van der Waals surface area (Å²) in [6.45, 7) is 0. The second-order valence-electron chi connectivity index (χ2n) is 2.71. The van der Waals surface area contributed by atoms with E-state index in [0.717, 1.165) is 5.75 Å². The van der Waals surface area contributed by atoms with Gasteiger partial charge in [-0.3, -0.25) is 5.41 Å². The van der Waals surface area contributed by atoms with Crippen LogP contribution in [0.5, 0.6) is 0 Å². The van der Waals surface area contributed by atoms with Gasteiger partial charge in [0.15, 0.2) is 0 Å². The number of aliphatic hydroxyl groups is 1. The molecule has 62 valence electrons. The molecule has 2 rings (SSSR count). The van der Waals surface area contributed by atoms with Gasteiger partial charge in [-0.2, -0.15) is 5.26 Å². The largest absolute Gasteiger partial charge is 0.509 e. The molecule has 0 aliphatic carbocycles. The fourth-order valence-electron chi connectivity index (χ4n) is 1.43. The van der Waals surface area contributed by atoms with Crippen molar-refractivity contribution in [3.05, 3.63) is 11.3 Å². The van der Waals surface area contributed by atoms with E-state index in [0.29, 0.717) is 5.88 Å². The summed E-state index contributed by atoms with van der Waals surface area (Å²) in [6, 6.07) is 1.73. The molecule has 0 aromatic rings. The Hall–Kier alpha value is -1.15. The number of fused-ring (bicyclic) bond motifs is 1. The molecule has 12 heavy (non-hydrogen) atoms. The Morgan fingerprint density at radius 2 is 2.50 bits per heavy atom. The van der Waals surface area contributed by atoms with Gasteiger partial charge in [-0.05, 0) is 0 Å². The smallest absolute Gasteiger partial charge is 0.143 e. The lowest BCUT2D eigenvalue weighted by atomic mass is 10.2. The summed E-state index contributed by atoms with van der Waals surface area (Å²) in [5, 5.41) is 25.6. The molecule has 5 heteroatoms. The molecule has 2 N–H and O–H groups in total. The van der Waals surface area contributed by atoms with Crippen molar-refractivity contribution in [1.82, 2.24) is 4.90 Å². The van der Waals surface area contributed by atoms with Gasteiger partial charge in [0.2, 0.25) is 0 Å². The molecule has 0 aromatic carbocycles. The van der Waals surface area contributed by atoms with Crippen LogP contribution in [0.3, 0.4) is 0 Å². The number of nitrogens with one attached hydrogen (secondary N) is 1. The Bertz CT molecular complexity index is 317. The van der Waals surface area contributed by atoms with Gasteiger partial charge < -0.3 is 10.0 Å². The Balaban J connectivity index is 2.42. The molecule has 1 fully saturated rings. The molecule has 0 saturated carbocycles. The Morgan fingerprint density at radius 1 is 1.75 bits per heavy atom. The van der Waals surface area contributed by atoms with E-state index in [-0.39, 0.29) is 23.2 Å². The molecule has 0 amide bonds. The van der Waals surface area contributed by atoms with Crippen molar-refractivity contribution >= 4 is 17.6 Å². The van der Waals surface area contributed by atoms with Gasteiger partial charge >= 0.3 is 0 Å². The van der Waals surface area contributed by atoms with Crippen LogP contribution < -0.4 is 0 Å². The van der Waals surface area contributed by atoms with Crippen LogP contribution >= 0.6 is 11.8 Å². The second kappa shape index (κ2) is 2.42. The number of hydrogen-bond donors (Lipinski definition) is 2. The van der Waals surface area contributed by atoms with Gasteiger partial charge in [0.1, 0.15) is 23.2 Å². The number of amidine groups is 1. The van der Waals surface area contributed by atoms with Crippen LogP contribution in [0.1, 0.15) is 0 Å². The molecule has 0 bridgehead atoms. The first-order valence-electron chi connectivity index (χ1n) is 3.52. The molecule has 0 radical (unpaired) electrons. The number of aliphatic hydroxyl groups excluding tert-OH is 1. The predicted molar refractivity (Wildman–Crippen MR) is 45.9 cm³/mol. The van der Waals surface area contributed by atoms with Crippen LogP contribution in [-0.2, 0) is 0 Å². The molecule has 2 aliphatic rings. The highest BCUT2D eigenvalue weighted by atomic mass is 32.2. The molecule has 0 spiro atoms. The van der Waals surface area contributed by atoms with Crippen molar-refractivity contribution in [2.45, 2.75) is 6.04 Å². The van der Waals surface area contributed by atoms with Crippen molar-refractivity contribution in [3.63, 3.8) is 0 Å². The Kier molecular flexibility index (Phi) is 1.51. The van der Waals surface area contributed by atoms with Crippen LogP contribution in [0.15, 0.2) is 11.3 Å². The number of nitriles is 1. The zero-order valence-corrected chi connectivity index (χ0v) is 7.06. The quantitative estimate of drug-likeness (QED) is 0.576. The first-order valence-corrected chi connectivity index (χ1v) is 4.67. The third kappa shape index (κ3) is 0.756. The first kappa shape index (κ1) is 7.50. The fraction of sp³-hybridized carbons (Fsp3) is 0.429. The van der Waals surface area contributed by atoms with Crippen molar-refractivity contribution in [2.75, 3.05) is 11.6 Å². The summed E-state index contributed by atoms with van der Waals surface area (Å²) in [6.07, 6.45) is 0. The molecule has 1 atom stereocenters. The molecular formula is C7H7N3OS. The van der Waals surface area contributed by atoms with E-state index in [1.54, 1.807) is 16.7 Å². The summed E-state index contributed by atoms with van der Waals surface area (Å²) < 4.78 is 0. The minimum atomic E-state index is -0.114. The van der Waals surface area contributed by atoms with E-state index >= 15 is 0 Å². The maximum absolute atomic E-state index is 9.49. The third-order valence-electron chi connectivity index (χ3n) is 2.09. The maximum Gasteiger partial charge on any atom is 0.143 e. The maximum atomic E-state index is 9.49. The van der Waals surface area contributed by atoms with Crippen LogP contribution in [0, 0.1) is 16.7 Å². The Labute approximate surface area is 74.0 Å². The van der Waals surface area contributed by atoms with Crippen molar-refractivity contribution in [1.29, 1.82) is 10.7 Å². The van der Waals surface area contributed by atoms with E-state index in [1.165, 1.54) is 0 Å². The fourth-order valence-corrected chi connectivity index (χ4v) is 2.60. The number of thioether (sulfide) groups is 1. The van der Waals surface area contributed by atoms with Gasteiger partial charge in [0.05, 0.1) is 11.9 Å². The molecule has 2 heterocycles. The van der Waals surface area contributed by atoms with Crippen LogP contribution in [0.2, 0.25) is 0 Å². The molecule has 0 aromatic heterocycles. The van der Waals surface area contributed by atoms with Gasteiger partial charge in [-0.25, -0.2) is 0 Å². The standard InChI is InChI=1S/C7H7N3OS/c8-1-4-6(11)5-2-12-3-10(5)7(4)9/h5,9,11H,2-3H2/t5-/m0/s1. The molecular weight excluding hydrogens is 174 g/mol. The average Bonchev–Trinajstić information content (AvgIpc) is 2.58. The topological polar surface area (TPSA) is 71.1 Å². The monoisotopic (exact) mass is 181 g/mol. The second-order valence-corrected chi connectivity index (χ2v) is 3.71. The van der Waals surface area contributed by atoms with Crippen molar-refractivity contribution in [3.8, 4) is 6.07 Å². The molecule has 1 saturated heterocycles. The predicted octanol–water partition coefficient (Wildman–Crippen LogP) is 0.688. The number of rotatable bonds is 0. The minimum absolute atomic E-state index is 0.0764. The highest BCUT2D eigenvalue weighted by molar-refractivity contribution is 7.99. The minimum Gasteiger partial charge on any atom is -0.509 e. The van der Waals surface area contributed by atoms with E-state index in [2.05, 4.69) is 0 Å². The zero-order valence-electron chi connectivity index (χ0n) is 6.24. The normalized spacial score (nSPS) is 27.8. The lowest BCUT2D eigenvalue weighted by Gasteiger charge is -2.15. The summed E-state index contributed by atoms with van der Waals surface area (Å²) in [4.78, 5) is 1.75. The van der Waals surface area contributed by atoms with Gasteiger partial charge in [0, 0.05) is 5.75 Å². The van der Waals surface area contributed by atoms with Crippen LogP contribution in [0.4, 0.5) is 0 Å². The van der Waals surface area contributed by atoms with Crippen LogP contribution in [-0.4, -0.2) is 33.5 Å². The Morgan fingerprint density at radius 3 is 3.08 bits per heavy atom. The van der Waals surface area contributed by atoms with E-state index in [9.17, 15) is 5.11 Å². The number of nitrogens with zero attached hydrogens (tertiary/aromatic N) is 2. The summed E-state index contributed by atoms with van der Waals surface area (Å²) >= 11 is 1.67. The van der Waals surface area contributed by atoms with Crippen molar-refractivity contribution in [2.24, 2.45) is 0 Å². The number of hydrogen-bond acceptors (Lipinski definition) is 4. The van der Waals surface area contributed by atoms with E-state index in [4.69, 9.17) is 10.7 Å². The van der Waals surface area contributed by atoms with Gasteiger partial charge in [-0.15, -0.1) is 11.8 Å². The van der Waals surface area contributed by atoms with Gasteiger partial charge in [0.25, 0.3) is 0 Å². The lowest BCUT2D eigenvalue weighted by molar-refractivity contribution is 0.318. The van der Waals surface area contributed by atoms with Crippen molar-refractivity contribution < 1.29 is 5.11 Å².